The van der Waals surface area contributed by atoms with Crippen LogP contribution in [0.1, 0.15) is 31.4 Å². The topological polar surface area (TPSA) is 40.9 Å². The van der Waals surface area contributed by atoms with Crippen LogP contribution in [-0.4, -0.2) is 9.46 Å². The van der Waals surface area contributed by atoms with Gasteiger partial charge in [-0.2, -0.15) is 5.26 Å². The Labute approximate surface area is 97.6 Å². The molecule has 0 fully saturated rings. The molecule has 0 radical (unpaired) electrons. The first-order chi connectivity index (χ1) is 7.58. The molecule has 1 rings (SSSR count). The van der Waals surface area contributed by atoms with Gasteiger partial charge in [-0.15, -0.1) is 0 Å². The standard InChI is InChI=1S/C12H14FNOS/c1-3-9(2)16(15)8-11-6-12(13)5-4-10(11)7-14/h4-6,9H,3,8H2,1-2H3. The first-order valence-corrected chi connectivity index (χ1v) is 6.52. The van der Waals surface area contributed by atoms with E-state index in [0.29, 0.717) is 11.1 Å². The molecule has 0 heterocycles. The number of nitrogens with zero attached hydrogens (tertiary/aromatic N) is 1. The van der Waals surface area contributed by atoms with Gasteiger partial charge >= 0.3 is 0 Å². The Balaban J connectivity index is 2.92. The van der Waals surface area contributed by atoms with Crippen LogP contribution in [0.25, 0.3) is 0 Å². The van der Waals surface area contributed by atoms with Gasteiger partial charge in [0.15, 0.2) is 0 Å². The average Bonchev–Trinajstić information content (AvgIpc) is 2.28. The molecule has 0 N–H and O–H groups in total. The van der Waals surface area contributed by atoms with Crippen LogP contribution < -0.4 is 0 Å². The second kappa shape index (κ2) is 5.76. The maximum atomic E-state index is 13.0. The third-order valence-electron chi connectivity index (χ3n) is 2.51. The number of halogens is 1. The van der Waals surface area contributed by atoms with Crippen LogP contribution in [0.2, 0.25) is 0 Å². The molecule has 0 aliphatic heterocycles. The monoisotopic (exact) mass is 239 g/mol. The predicted octanol–water partition coefficient (Wildman–Crippen LogP) is 2.74. The summed E-state index contributed by atoms with van der Waals surface area (Å²) >= 11 is 0. The van der Waals surface area contributed by atoms with E-state index in [0.717, 1.165) is 6.42 Å². The van der Waals surface area contributed by atoms with Crippen molar-refractivity contribution in [1.82, 2.24) is 0 Å². The van der Waals surface area contributed by atoms with Gasteiger partial charge in [0.2, 0.25) is 0 Å². The Morgan fingerprint density at radius 3 is 2.81 bits per heavy atom. The van der Waals surface area contributed by atoms with Crippen LogP contribution >= 0.6 is 0 Å². The zero-order valence-corrected chi connectivity index (χ0v) is 10.2. The molecule has 2 unspecified atom stereocenters. The minimum Gasteiger partial charge on any atom is -0.259 e. The van der Waals surface area contributed by atoms with Gasteiger partial charge in [0.05, 0.1) is 17.4 Å². The summed E-state index contributed by atoms with van der Waals surface area (Å²) in [4.78, 5) is 0. The minimum atomic E-state index is -1.05. The van der Waals surface area contributed by atoms with Gasteiger partial charge in [-0.25, -0.2) is 4.39 Å². The molecule has 1 aromatic carbocycles. The first kappa shape index (κ1) is 12.9. The fourth-order valence-electron chi connectivity index (χ4n) is 1.27. The lowest BCUT2D eigenvalue weighted by atomic mass is 10.1. The SMILES string of the molecule is CCC(C)S(=O)Cc1cc(F)ccc1C#N. The van der Waals surface area contributed by atoms with Crippen LogP contribution in [0.15, 0.2) is 18.2 Å². The molecule has 0 bridgehead atoms. The molecule has 1 aromatic rings. The lowest BCUT2D eigenvalue weighted by molar-refractivity contribution is 0.626. The molecule has 16 heavy (non-hydrogen) atoms. The molecular formula is C12H14FNOS. The summed E-state index contributed by atoms with van der Waals surface area (Å²) in [5.41, 5.74) is 0.930. The van der Waals surface area contributed by atoms with Gasteiger partial charge < -0.3 is 0 Å². The summed E-state index contributed by atoms with van der Waals surface area (Å²) in [7, 11) is -1.05. The van der Waals surface area contributed by atoms with Gasteiger partial charge in [-0.1, -0.05) is 13.8 Å². The Morgan fingerprint density at radius 2 is 2.25 bits per heavy atom. The van der Waals surface area contributed by atoms with Crippen LogP contribution in [-0.2, 0) is 16.6 Å². The molecule has 2 nitrogen and oxygen atoms in total. The summed E-state index contributed by atoms with van der Waals surface area (Å²) in [6.45, 7) is 3.85. The number of rotatable bonds is 4. The summed E-state index contributed by atoms with van der Waals surface area (Å²) in [6, 6.07) is 5.95. The molecule has 86 valence electrons. The number of nitriles is 1. The van der Waals surface area contributed by atoms with Crippen molar-refractivity contribution in [2.45, 2.75) is 31.3 Å². The highest BCUT2D eigenvalue weighted by molar-refractivity contribution is 7.84. The molecule has 4 heteroatoms. The second-order valence-corrected chi connectivity index (χ2v) is 5.51. The molecule has 0 saturated carbocycles. The van der Waals surface area contributed by atoms with Gasteiger partial charge in [0.25, 0.3) is 0 Å². The molecule has 0 aliphatic rings. The van der Waals surface area contributed by atoms with E-state index >= 15 is 0 Å². The predicted molar refractivity (Wildman–Crippen MR) is 62.7 cm³/mol. The van der Waals surface area contributed by atoms with Gasteiger partial charge in [0, 0.05) is 16.0 Å². The summed E-state index contributed by atoms with van der Waals surface area (Å²) in [5, 5.41) is 8.91. The van der Waals surface area contributed by atoms with Crippen molar-refractivity contribution < 1.29 is 8.60 Å². The molecule has 0 saturated heterocycles. The van der Waals surface area contributed by atoms with E-state index in [4.69, 9.17) is 5.26 Å². The lowest BCUT2D eigenvalue weighted by Gasteiger charge is -2.09. The number of benzene rings is 1. The molecular weight excluding hydrogens is 225 g/mol. The van der Waals surface area contributed by atoms with E-state index in [-0.39, 0.29) is 11.0 Å². The van der Waals surface area contributed by atoms with E-state index in [1.165, 1.54) is 18.2 Å². The van der Waals surface area contributed by atoms with Crippen molar-refractivity contribution in [3.63, 3.8) is 0 Å². The van der Waals surface area contributed by atoms with Gasteiger partial charge in [0.1, 0.15) is 5.82 Å². The number of hydrogen-bond acceptors (Lipinski definition) is 2. The lowest BCUT2D eigenvalue weighted by Crippen LogP contribution is -2.12. The Hall–Kier alpha value is -1.21. The van der Waals surface area contributed by atoms with Crippen molar-refractivity contribution in [3.8, 4) is 6.07 Å². The highest BCUT2D eigenvalue weighted by Crippen LogP contribution is 2.15. The second-order valence-electron chi connectivity index (χ2n) is 3.66. The van der Waals surface area contributed by atoms with E-state index in [2.05, 4.69) is 0 Å². The fraction of sp³-hybridized carbons (Fsp3) is 0.417. The fourth-order valence-corrected chi connectivity index (χ4v) is 2.47. The maximum Gasteiger partial charge on any atom is 0.123 e. The minimum absolute atomic E-state index is 0.0646. The van der Waals surface area contributed by atoms with Crippen molar-refractivity contribution >= 4 is 10.8 Å². The van der Waals surface area contributed by atoms with Crippen LogP contribution in [0.4, 0.5) is 4.39 Å². The largest absolute Gasteiger partial charge is 0.259 e. The number of hydrogen-bond donors (Lipinski definition) is 0. The van der Waals surface area contributed by atoms with Crippen molar-refractivity contribution in [3.05, 3.63) is 35.1 Å². The summed E-state index contributed by atoms with van der Waals surface area (Å²) in [5.74, 6) is -0.148. The third-order valence-corrected chi connectivity index (χ3v) is 4.34. The molecule has 0 aromatic heterocycles. The first-order valence-electron chi connectivity index (χ1n) is 5.14. The van der Waals surface area contributed by atoms with Gasteiger partial charge in [-0.3, -0.25) is 4.21 Å². The molecule has 0 aliphatic carbocycles. The van der Waals surface area contributed by atoms with Crippen molar-refractivity contribution in [1.29, 1.82) is 5.26 Å². The smallest absolute Gasteiger partial charge is 0.123 e. The molecule has 2 atom stereocenters. The van der Waals surface area contributed by atoms with Crippen LogP contribution in [0.3, 0.4) is 0 Å². The summed E-state index contributed by atoms with van der Waals surface area (Å²) in [6.07, 6.45) is 0.809. The Morgan fingerprint density at radius 1 is 1.56 bits per heavy atom. The van der Waals surface area contributed by atoms with Gasteiger partial charge in [-0.05, 0) is 30.2 Å². The Bertz CT molecular complexity index is 439. The van der Waals surface area contributed by atoms with E-state index in [9.17, 15) is 8.60 Å². The zero-order chi connectivity index (χ0) is 12.1. The van der Waals surface area contributed by atoms with Crippen molar-refractivity contribution in [2.75, 3.05) is 0 Å². The average molecular weight is 239 g/mol. The summed E-state index contributed by atoms with van der Waals surface area (Å²) < 4.78 is 24.8. The molecule has 0 amide bonds. The molecule has 0 spiro atoms. The maximum absolute atomic E-state index is 13.0. The third kappa shape index (κ3) is 3.14. The highest BCUT2D eigenvalue weighted by Gasteiger charge is 2.12. The zero-order valence-electron chi connectivity index (χ0n) is 9.37. The van der Waals surface area contributed by atoms with Crippen molar-refractivity contribution in [2.24, 2.45) is 0 Å². The van der Waals surface area contributed by atoms with E-state index in [1.807, 2.05) is 19.9 Å². The normalized spacial score (nSPS) is 14.1. The van der Waals surface area contributed by atoms with E-state index < -0.39 is 16.6 Å². The highest BCUT2D eigenvalue weighted by atomic mass is 32.2. The van der Waals surface area contributed by atoms with Crippen LogP contribution in [0, 0.1) is 17.1 Å². The van der Waals surface area contributed by atoms with Crippen LogP contribution in [0.5, 0.6) is 0 Å². The Kier molecular flexibility index (Phi) is 4.63. The quantitative estimate of drug-likeness (QED) is 0.810. The van der Waals surface area contributed by atoms with E-state index in [1.54, 1.807) is 0 Å².